The molecule has 0 spiro atoms. The number of aromatic nitrogens is 1. The van der Waals surface area contributed by atoms with Gasteiger partial charge in [0.15, 0.2) is 0 Å². The van der Waals surface area contributed by atoms with Gasteiger partial charge in [0.25, 0.3) is 0 Å². The van der Waals surface area contributed by atoms with Gasteiger partial charge in [0.1, 0.15) is 5.69 Å². The van der Waals surface area contributed by atoms with Gasteiger partial charge in [-0.3, -0.25) is 0 Å². The SMILES string of the molecule is N#CCc1cc(-c2ccc(Cl)cc2Cl)nc(C(F)(F)F)c1. The van der Waals surface area contributed by atoms with Crippen LogP contribution in [0.1, 0.15) is 11.3 Å². The molecule has 0 atom stereocenters. The highest BCUT2D eigenvalue weighted by molar-refractivity contribution is 6.36. The van der Waals surface area contributed by atoms with Crippen molar-refractivity contribution in [1.29, 1.82) is 5.26 Å². The number of halogens is 5. The van der Waals surface area contributed by atoms with Crippen molar-refractivity contribution in [1.82, 2.24) is 4.98 Å². The molecule has 1 aromatic heterocycles. The van der Waals surface area contributed by atoms with Crippen LogP contribution >= 0.6 is 23.2 Å². The normalized spacial score (nSPS) is 11.2. The van der Waals surface area contributed by atoms with Crippen LogP contribution in [0.3, 0.4) is 0 Å². The van der Waals surface area contributed by atoms with Crippen LogP contribution in [0, 0.1) is 11.3 Å². The third-order valence-corrected chi connectivity index (χ3v) is 3.21. The summed E-state index contributed by atoms with van der Waals surface area (Å²) in [4.78, 5) is 3.59. The van der Waals surface area contributed by atoms with Crippen molar-refractivity contribution in [3.63, 3.8) is 0 Å². The fourth-order valence-corrected chi connectivity index (χ4v) is 2.27. The number of pyridine rings is 1. The molecule has 0 unspecified atom stereocenters. The van der Waals surface area contributed by atoms with Gasteiger partial charge >= 0.3 is 6.18 Å². The fraction of sp³-hybridized carbons (Fsp3) is 0.143. The molecule has 0 saturated carbocycles. The second-order valence-corrected chi connectivity index (χ2v) is 5.05. The van der Waals surface area contributed by atoms with Gasteiger partial charge in [-0.15, -0.1) is 0 Å². The van der Waals surface area contributed by atoms with Crippen molar-refractivity contribution in [2.45, 2.75) is 12.6 Å². The molecule has 2 rings (SSSR count). The van der Waals surface area contributed by atoms with Crippen molar-refractivity contribution in [3.8, 4) is 17.3 Å². The Kier molecular flexibility index (Phi) is 4.40. The molecule has 7 heteroatoms. The Morgan fingerprint density at radius 2 is 1.86 bits per heavy atom. The Morgan fingerprint density at radius 3 is 2.43 bits per heavy atom. The summed E-state index contributed by atoms with van der Waals surface area (Å²) in [5.41, 5.74) is -0.458. The Bertz CT molecular complexity index is 721. The molecular weight excluding hydrogens is 324 g/mol. The van der Waals surface area contributed by atoms with E-state index in [1.54, 1.807) is 0 Å². The maximum atomic E-state index is 12.9. The molecule has 0 aliphatic carbocycles. The van der Waals surface area contributed by atoms with E-state index in [0.717, 1.165) is 6.07 Å². The molecule has 0 amide bonds. The van der Waals surface area contributed by atoms with Gasteiger partial charge in [0.2, 0.25) is 0 Å². The summed E-state index contributed by atoms with van der Waals surface area (Å²) < 4.78 is 38.6. The second kappa shape index (κ2) is 5.92. The summed E-state index contributed by atoms with van der Waals surface area (Å²) in [6, 6.07) is 8.50. The van der Waals surface area contributed by atoms with Gasteiger partial charge < -0.3 is 0 Å². The largest absolute Gasteiger partial charge is 0.433 e. The van der Waals surface area contributed by atoms with E-state index in [-0.39, 0.29) is 22.7 Å². The first-order valence-corrected chi connectivity index (χ1v) is 6.47. The molecule has 0 fully saturated rings. The van der Waals surface area contributed by atoms with Crippen LogP contribution in [-0.4, -0.2) is 4.98 Å². The number of hydrogen-bond acceptors (Lipinski definition) is 2. The van der Waals surface area contributed by atoms with Gasteiger partial charge in [0, 0.05) is 10.6 Å². The van der Waals surface area contributed by atoms with Crippen LogP contribution in [0.15, 0.2) is 30.3 Å². The number of nitriles is 1. The predicted molar refractivity (Wildman–Crippen MR) is 74.0 cm³/mol. The summed E-state index contributed by atoms with van der Waals surface area (Å²) in [5.74, 6) is 0. The Morgan fingerprint density at radius 1 is 1.14 bits per heavy atom. The Balaban J connectivity index is 2.62. The number of alkyl halides is 3. The summed E-state index contributed by atoms with van der Waals surface area (Å²) in [6.07, 6.45) is -4.75. The lowest BCUT2D eigenvalue weighted by Gasteiger charge is -2.11. The van der Waals surface area contributed by atoms with Crippen molar-refractivity contribution in [3.05, 3.63) is 51.6 Å². The van der Waals surface area contributed by atoms with Gasteiger partial charge in [-0.1, -0.05) is 23.2 Å². The minimum atomic E-state index is -4.60. The average Bonchev–Trinajstić information content (AvgIpc) is 2.37. The van der Waals surface area contributed by atoms with E-state index in [9.17, 15) is 13.2 Å². The summed E-state index contributed by atoms with van der Waals surface area (Å²) in [7, 11) is 0. The van der Waals surface area contributed by atoms with E-state index < -0.39 is 11.9 Å². The lowest BCUT2D eigenvalue weighted by atomic mass is 10.1. The molecule has 2 nitrogen and oxygen atoms in total. The molecule has 1 aromatic carbocycles. The minimum Gasteiger partial charge on any atom is -0.243 e. The average molecular weight is 331 g/mol. The molecular formula is C14H7Cl2F3N2. The molecule has 0 aliphatic rings. The van der Waals surface area contributed by atoms with E-state index in [1.165, 1.54) is 24.3 Å². The lowest BCUT2D eigenvalue weighted by molar-refractivity contribution is -0.141. The van der Waals surface area contributed by atoms with Gasteiger partial charge in [-0.25, -0.2) is 4.98 Å². The maximum absolute atomic E-state index is 12.9. The second-order valence-electron chi connectivity index (χ2n) is 4.20. The highest BCUT2D eigenvalue weighted by Crippen LogP contribution is 2.34. The summed E-state index contributed by atoms with van der Waals surface area (Å²) in [6.45, 7) is 0. The van der Waals surface area contributed by atoms with Crippen molar-refractivity contribution in [2.24, 2.45) is 0 Å². The molecule has 0 aliphatic heterocycles. The van der Waals surface area contributed by atoms with Crippen LogP contribution in [0.2, 0.25) is 10.0 Å². The molecule has 0 radical (unpaired) electrons. The number of nitrogens with zero attached hydrogens (tertiary/aromatic N) is 2. The third kappa shape index (κ3) is 3.66. The Hall–Kier alpha value is -1.77. The highest BCUT2D eigenvalue weighted by atomic mass is 35.5. The quantitative estimate of drug-likeness (QED) is 0.764. The summed E-state index contributed by atoms with van der Waals surface area (Å²) >= 11 is 11.8. The first kappa shape index (κ1) is 15.6. The van der Waals surface area contributed by atoms with Crippen LogP contribution in [-0.2, 0) is 12.6 Å². The van der Waals surface area contributed by atoms with E-state index in [2.05, 4.69) is 4.98 Å². The third-order valence-electron chi connectivity index (χ3n) is 2.67. The standard InChI is InChI=1S/C14H7Cl2F3N2/c15-9-1-2-10(11(16)7-9)12-5-8(3-4-20)6-13(21-12)14(17,18)19/h1-2,5-7H,3H2. The van der Waals surface area contributed by atoms with Crippen molar-refractivity contribution in [2.75, 3.05) is 0 Å². The van der Waals surface area contributed by atoms with E-state index >= 15 is 0 Å². The molecule has 2 aromatic rings. The van der Waals surface area contributed by atoms with Gasteiger partial charge in [0.05, 0.1) is 23.2 Å². The van der Waals surface area contributed by atoms with Gasteiger partial charge in [-0.05, 0) is 35.9 Å². The first-order chi connectivity index (χ1) is 9.81. The van der Waals surface area contributed by atoms with Crippen LogP contribution in [0.4, 0.5) is 13.2 Å². The van der Waals surface area contributed by atoms with E-state index in [4.69, 9.17) is 28.5 Å². The predicted octanol–water partition coefficient (Wildman–Crippen LogP) is 5.14. The zero-order valence-corrected chi connectivity index (χ0v) is 11.9. The molecule has 0 bridgehead atoms. The van der Waals surface area contributed by atoms with Gasteiger partial charge in [-0.2, -0.15) is 18.4 Å². The zero-order valence-electron chi connectivity index (χ0n) is 10.4. The summed E-state index contributed by atoms with van der Waals surface area (Å²) in [5, 5.41) is 9.23. The monoisotopic (exact) mass is 330 g/mol. The number of hydrogen-bond donors (Lipinski definition) is 0. The molecule has 0 N–H and O–H groups in total. The van der Waals surface area contributed by atoms with E-state index in [0.29, 0.717) is 10.6 Å². The van der Waals surface area contributed by atoms with Crippen molar-refractivity contribution < 1.29 is 13.2 Å². The first-order valence-electron chi connectivity index (χ1n) is 5.72. The van der Waals surface area contributed by atoms with Crippen molar-refractivity contribution >= 4 is 23.2 Å². The minimum absolute atomic E-state index is 0.0525. The molecule has 1 heterocycles. The lowest BCUT2D eigenvalue weighted by Crippen LogP contribution is -2.09. The maximum Gasteiger partial charge on any atom is 0.433 e. The Labute approximate surface area is 128 Å². The highest BCUT2D eigenvalue weighted by Gasteiger charge is 2.33. The topological polar surface area (TPSA) is 36.7 Å². The fourth-order valence-electron chi connectivity index (χ4n) is 1.76. The van der Waals surface area contributed by atoms with Crippen LogP contribution < -0.4 is 0 Å². The number of rotatable bonds is 2. The number of benzene rings is 1. The van der Waals surface area contributed by atoms with Crippen LogP contribution in [0.5, 0.6) is 0 Å². The van der Waals surface area contributed by atoms with E-state index in [1.807, 2.05) is 6.07 Å². The van der Waals surface area contributed by atoms with Crippen LogP contribution in [0.25, 0.3) is 11.3 Å². The zero-order chi connectivity index (χ0) is 15.6. The smallest absolute Gasteiger partial charge is 0.243 e. The molecule has 21 heavy (non-hydrogen) atoms. The molecule has 108 valence electrons. The molecule has 0 saturated heterocycles.